The zero-order valence-corrected chi connectivity index (χ0v) is 25.0. The molecule has 0 saturated carbocycles. The maximum atomic E-state index is 13.6. The van der Waals surface area contributed by atoms with Gasteiger partial charge in [0.1, 0.15) is 5.75 Å². The van der Waals surface area contributed by atoms with Gasteiger partial charge in [-0.15, -0.1) is 0 Å². The van der Waals surface area contributed by atoms with Crippen LogP contribution in [0.2, 0.25) is 5.02 Å². The third kappa shape index (κ3) is 5.65. The van der Waals surface area contributed by atoms with E-state index < -0.39 is 11.3 Å². The zero-order chi connectivity index (χ0) is 30.4. The van der Waals surface area contributed by atoms with E-state index in [2.05, 4.69) is 54.7 Å². The van der Waals surface area contributed by atoms with Gasteiger partial charge in [0.2, 0.25) is 0 Å². The van der Waals surface area contributed by atoms with Crippen LogP contribution in [-0.4, -0.2) is 11.0 Å². The molecule has 0 bridgehead atoms. The summed E-state index contributed by atoms with van der Waals surface area (Å²) in [6.45, 7) is 3.73. The molecular formula is C38H33ClN2O2. The van der Waals surface area contributed by atoms with E-state index in [4.69, 9.17) is 11.6 Å². The molecule has 4 nitrogen and oxygen atoms in total. The van der Waals surface area contributed by atoms with Crippen LogP contribution < -0.4 is 5.32 Å². The van der Waals surface area contributed by atoms with Crippen molar-refractivity contribution in [1.29, 1.82) is 5.26 Å². The second-order valence-corrected chi connectivity index (χ2v) is 11.1. The molecule has 0 aliphatic rings. The number of hydrogen-bond donors (Lipinski definition) is 2. The van der Waals surface area contributed by atoms with Crippen molar-refractivity contribution in [3.8, 4) is 11.8 Å². The Morgan fingerprint density at radius 1 is 0.837 bits per heavy atom. The Balaban J connectivity index is 1.62. The number of benzene rings is 5. The lowest BCUT2D eigenvalue weighted by Gasteiger charge is -2.37. The number of unbranched alkanes of at least 4 members (excludes halogenated alkanes) is 1. The second-order valence-electron chi connectivity index (χ2n) is 10.6. The molecule has 5 aromatic carbocycles. The van der Waals surface area contributed by atoms with E-state index >= 15 is 0 Å². The molecule has 0 aliphatic carbocycles. The Morgan fingerprint density at radius 3 is 1.84 bits per heavy atom. The van der Waals surface area contributed by atoms with Gasteiger partial charge in [-0.05, 0) is 71.3 Å². The van der Waals surface area contributed by atoms with E-state index in [0.717, 1.165) is 35.1 Å². The number of aryl methyl sites for hydroxylation is 1. The molecule has 5 heteroatoms. The van der Waals surface area contributed by atoms with Gasteiger partial charge in [-0.1, -0.05) is 122 Å². The normalized spacial score (nSPS) is 11.1. The number of carbonyl (C=O) groups is 1. The highest BCUT2D eigenvalue weighted by Gasteiger charge is 2.38. The minimum atomic E-state index is -0.680. The van der Waals surface area contributed by atoms with Crippen LogP contribution in [0.4, 0.5) is 5.69 Å². The number of phenolic OH excluding ortho intramolecular Hbond substituents is 1. The SMILES string of the molecule is CCCCc1cc(C#N)c(C)c(C(=O)Nc2ccc(C(c3ccccc3)(c3ccccc3)c3ccccc3)cc2Cl)c1O. The summed E-state index contributed by atoms with van der Waals surface area (Å²) in [6.07, 6.45) is 2.34. The van der Waals surface area contributed by atoms with Crippen molar-refractivity contribution in [2.24, 2.45) is 0 Å². The van der Waals surface area contributed by atoms with Gasteiger partial charge in [0.15, 0.2) is 0 Å². The highest BCUT2D eigenvalue weighted by molar-refractivity contribution is 6.34. The van der Waals surface area contributed by atoms with E-state index in [1.165, 1.54) is 0 Å². The number of aromatic hydroxyl groups is 1. The van der Waals surface area contributed by atoms with Gasteiger partial charge in [0.05, 0.1) is 33.3 Å². The minimum absolute atomic E-state index is 0.0913. The maximum absolute atomic E-state index is 13.6. The predicted octanol–water partition coefficient (Wildman–Crippen LogP) is 9.20. The molecule has 0 unspecified atom stereocenters. The lowest BCUT2D eigenvalue weighted by atomic mass is 9.65. The molecule has 0 radical (unpaired) electrons. The van der Waals surface area contributed by atoms with E-state index in [1.54, 1.807) is 19.1 Å². The third-order valence-corrected chi connectivity index (χ3v) is 8.37. The van der Waals surface area contributed by atoms with Crippen molar-refractivity contribution in [2.75, 3.05) is 5.32 Å². The summed E-state index contributed by atoms with van der Waals surface area (Å²) in [5.74, 6) is -0.605. The average Bonchev–Trinajstić information content (AvgIpc) is 3.04. The quantitative estimate of drug-likeness (QED) is 0.170. The fourth-order valence-corrected chi connectivity index (χ4v) is 6.10. The molecule has 0 spiro atoms. The predicted molar refractivity (Wildman–Crippen MR) is 174 cm³/mol. The van der Waals surface area contributed by atoms with Crippen LogP contribution >= 0.6 is 11.6 Å². The topological polar surface area (TPSA) is 73.1 Å². The van der Waals surface area contributed by atoms with Gasteiger partial charge in [0.25, 0.3) is 5.91 Å². The second kappa shape index (κ2) is 13.0. The summed E-state index contributed by atoms with van der Waals surface area (Å²) < 4.78 is 0. The van der Waals surface area contributed by atoms with Gasteiger partial charge < -0.3 is 10.4 Å². The summed E-state index contributed by atoms with van der Waals surface area (Å²) in [4.78, 5) is 13.6. The summed E-state index contributed by atoms with van der Waals surface area (Å²) in [5.41, 5.74) is 5.39. The monoisotopic (exact) mass is 584 g/mol. The number of halogens is 1. The van der Waals surface area contributed by atoms with Gasteiger partial charge in [-0.25, -0.2) is 0 Å². The molecule has 214 valence electrons. The Kier molecular flexibility index (Phi) is 8.95. The number of nitrogens with one attached hydrogen (secondary N) is 1. The Hall–Kier alpha value is -4.85. The lowest BCUT2D eigenvalue weighted by molar-refractivity contribution is 0.102. The summed E-state index contributed by atoms with van der Waals surface area (Å²) in [5, 5.41) is 24.0. The molecule has 5 aromatic rings. The highest BCUT2D eigenvalue weighted by Crippen LogP contribution is 2.46. The van der Waals surface area contributed by atoms with E-state index in [-0.39, 0.29) is 11.3 Å². The van der Waals surface area contributed by atoms with Crippen LogP contribution in [-0.2, 0) is 11.8 Å². The standard InChI is InChI=1S/C38H33ClN2O2/c1-3-4-14-27-23-28(25-40)26(2)35(36(27)42)37(43)41-34-22-21-32(24-33(34)39)38(29-15-8-5-9-16-29,30-17-10-6-11-18-30)31-19-12-7-13-20-31/h5-13,15-24,42H,3-4,14H2,1-2H3,(H,41,43). The number of nitrogens with zero attached hydrogens (tertiary/aromatic N) is 1. The molecule has 0 atom stereocenters. The van der Waals surface area contributed by atoms with Crippen molar-refractivity contribution >= 4 is 23.2 Å². The molecule has 0 fully saturated rings. The van der Waals surface area contributed by atoms with Gasteiger partial charge in [0, 0.05) is 0 Å². The first-order valence-corrected chi connectivity index (χ1v) is 14.8. The van der Waals surface area contributed by atoms with Crippen molar-refractivity contribution in [3.05, 3.63) is 165 Å². The van der Waals surface area contributed by atoms with Crippen molar-refractivity contribution < 1.29 is 9.90 Å². The van der Waals surface area contributed by atoms with Gasteiger partial charge in [-0.2, -0.15) is 5.26 Å². The largest absolute Gasteiger partial charge is 0.507 e. The van der Waals surface area contributed by atoms with E-state index in [1.807, 2.05) is 66.7 Å². The zero-order valence-electron chi connectivity index (χ0n) is 24.3. The van der Waals surface area contributed by atoms with Gasteiger partial charge in [-0.3, -0.25) is 4.79 Å². The van der Waals surface area contributed by atoms with Crippen molar-refractivity contribution in [1.82, 2.24) is 0 Å². The molecule has 5 rings (SSSR count). The molecule has 0 heterocycles. The summed E-state index contributed by atoms with van der Waals surface area (Å²) in [6, 6.07) is 40.4. The van der Waals surface area contributed by atoms with E-state index in [9.17, 15) is 15.2 Å². The Labute approximate surface area is 258 Å². The highest BCUT2D eigenvalue weighted by atomic mass is 35.5. The molecular weight excluding hydrogens is 552 g/mol. The summed E-state index contributed by atoms with van der Waals surface area (Å²) in [7, 11) is 0. The smallest absolute Gasteiger partial charge is 0.259 e. The average molecular weight is 585 g/mol. The molecule has 0 saturated heterocycles. The molecule has 0 aliphatic heterocycles. The van der Waals surface area contributed by atoms with Crippen LogP contribution in [0.3, 0.4) is 0 Å². The molecule has 0 aromatic heterocycles. The Bertz CT molecular complexity index is 1680. The number of amides is 1. The van der Waals surface area contributed by atoms with Crippen molar-refractivity contribution in [3.63, 3.8) is 0 Å². The number of rotatable bonds is 9. The third-order valence-electron chi connectivity index (χ3n) is 8.06. The van der Waals surface area contributed by atoms with Crippen LogP contribution in [0.15, 0.2) is 115 Å². The minimum Gasteiger partial charge on any atom is -0.507 e. The first kappa shape index (κ1) is 29.6. The fraction of sp³-hybridized carbons (Fsp3) is 0.158. The van der Waals surface area contributed by atoms with Crippen LogP contribution in [0.25, 0.3) is 0 Å². The molecule has 1 amide bonds. The number of carbonyl (C=O) groups excluding carboxylic acids is 1. The molecule has 43 heavy (non-hydrogen) atoms. The first-order chi connectivity index (χ1) is 20.9. The van der Waals surface area contributed by atoms with Crippen molar-refractivity contribution in [2.45, 2.75) is 38.5 Å². The summed E-state index contributed by atoms with van der Waals surface area (Å²) >= 11 is 6.94. The lowest BCUT2D eigenvalue weighted by Crippen LogP contribution is -2.31. The van der Waals surface area contributed by atoms with E-state index in [0.29, 0.717) is 33.8 Å². The van der Waals surface area contributed by atoms with Gasteiger partial charge >= 0.3 is 0 Å². The van der Waals surface area contributed by atoms with Crippen LogP contribution in [0.5, 0.6) is 5.75 Å². The maximum Gasteiger partial charge on any atom is 0.259 e. The Morgan fingerprint density at radius 2 is 1.37 bits per heavy atom. The fourth-order valence-electron chi connectivity index (χ4n) is 5.87. The van der Waals surface area contributed by atoms with Crippen LogP contribution in [0.1, 0.15) is 69.1 Å². The number of hydrogen-bond acceptors (Lipinski definition) is 3. The van der Waals surface area contributed by atoms with Crippen LogP contribution in [0, 0.1) is 18.3 Å². The molecule has 2 N–H and O–H groups in total. The number of nitriles is 1. The number of anilines is 1. The number of phenols is 1. The first-order valence-electron chi connectivity index (χ1n) is 14.4.